The predicted octanol–water partition coefficient (Wildman–Crippen LogP) is 2.97. The molecular formula is C21H22N6O. The molecule has 0 spiro atoms. The largest absolute Gasteiger partial charge is 0.384 e. The first-order valence-electron chi connectivity index (χ1n) is 9.16. The molecule has 0 atom stereocenters. The van der Waals surface area contributed by atoms with Gasteiger partial charge in [-0.1, -0.05) is 12.1 Å². The lowest BCUT2D eigenvalue weighted by molar-refractivity contribution is 1.02. The van der Waals surface area contributed by atoms with Crippen molar-refractivity contribution in [3.8, 4) is 22.5 Å². The first-order valence-corrected chi connectivity index (χ1v) is 9.16. The third kappa shape index (κ3) is 3.39. The molecule has 4 aromatic rings. The molecule has 7 heteroatoms. The smallest absolute Gasteiger partial charge is 0.345 e. The van der Waals surface area contributed by atoms with Crippen LogP contribution in [0.15, 0.2) is 47.3 Å². The van der Waals surface area contributed by atoms with Crippen LogP contribution in [0.2, 0.25) is 0 Å². The summed E-state index contributed by atoms with van der Waals surface area (Å²) < 4.78 is 0. The van der Waals surface area contributed by atoms with Crippen LogP contribution in [0.1, 0.15) is 11.3 Å². The number of fused-ring (bicyclic) bond motifs is 1. The van der Waals surface area contributed by atoms with Crippen LogP contribution in [-0.2, 0) is 0 Å². The summed E-state index contributed by atoms with van der Waals surface area (Å²) >= 11 is 0. The summed E-state index contributed by atoms with van der Waals surface area (Å²) in [5.41, 5.74) is 12.3. The van der Waals surface area contributed by atoms with Gasteiger partial charge in [-0.05, 0) is 49.7 Å². The summed E-state index contributed by atoms with van der Waals surface area (Å²) in [6, 6.07) is 13.8. The number of aromatic amines is 2. The van der Waals surface area contributed by atoms with Crippen LogP contribution < -0.4 is 16.7 Å². The lowest BCUT2D eigenvalue weighted by Crippen LogP contribution is -2.13. The number of rotatable bonds is 5. The van der Waals surface area contributed by atoms with Gasteiger partial charge in [0.05, 0.1) is 16.9 Å². The zero-order valence-electron chi connectivity index (χ0n) is 15.8. The van der Waals surface area contributed by atoms with Crippen molar-refractivity contribution < 1.29 is 0 Å². The molecule has 0 aliphatic heterocycles. The highest BCUT2D eigenvalue weighted by molar-refractivity contribution is 5.86. The highest BCUT2D eigenvalue weighted by Crippen LogP contribution is 2.28. The second kappa shape index (κ2) is 7.28. The summed E-state index contributed by atoms with van der Waals surface area (Å²) in [4.78, 5) is 19.3. The Bertz CT molecular complexity index is 1210. The number of hydrogen-bond acceptors (Lipinski definition) is 5. The Morgan fingerprint density at radius 3 is 2.75 bits per heavy atom. The van der Waals surface area contributed by atoms with Crippen LogP contribution in [0.3, 0.4) is 0 Å². The highest BCUT2D eigenvalue weighted by Gasteiger charge is 2.10. The van der Waals surface area contributed by atoms with Gasteiger partial charge in [0.15, 0.2) is 0 Å². The summed E-state index contributed by atoms with van der Waals surface area (Å²) in [7, 11) is 0. The number of nitrogens with one attached hydrogen (secondary N) is 3. The van der Waals surface area contributed by atoms with Crippen molar-refractivity contribution in [2.24, 2.45) is 5.73 Å². The Labute approximate surface area is 162 Å². The van der Waals surface area contributed by atoms with E-state index in [0.717, 1.165) is 44.7 Å². The Hall–Kier alpha value is -3.45. The topological polar surface area (TPSA) is 112 Å². The fraction of sp³-hybridized carbons (Fsp3) is 0.190. The predicted molar refractivity (Wildman–Crippen MR) is 112 cm³/mol. The number of nitrogens with two attached hydrogens (primary N) is 1. The first-order chi connectivity index (χ1) is 13.5. The Balaban J connectivity index is 1.76. The third-order valence-electron chi connectivity index (χ3n) is 4.78. The SMILES string of the molecule is Cc1cc(NCCN)ccc1-c1cc(-c2ccc3n[nH]c(C)c3c2)nc(=O)[nH]1. The van der Waals surface area contributed by atoms with E-state index in [2.05, 4.69) is 25.5 Å². The molecule has 0 bridgehead atoms. The third-order valence-corrected chi connectivity index (χ3v) is 4.78. The van der Waals surface area contributed by atoms with E-state index in [1.807, 2.05) is 56.3 Å². The maximum Gasteiger partial charge on any atom is 0.345 e. The highest BCUT2D eigenvalue weighted by atomic mass is 16.1. The maximum atomic E-state index is 12.2. The second-order valence-electron chi connectivity index (χ2n) is 6.81. The van der Waals surface area contributed by atoms with E-state index in [9.17, 15) is 4.79 Å². The van der Waals surface area contributed by atoms with Crippen molar-refractivity contribution >= 4 is 16.6 Å². The van der Waals surface area contributed by atoms with Crippen LogP contribution in [0.25, 0.3) is 33.4 Å². The standard InChI is InChI=1S/C21H22N6O/c1-12-9-15(23-8-7-22)4-5-16(12)20-11-19(24-21(28)25-20)14-3-6-18-17(10-14)13(2)26-27-18/h3-6,9-11,23H,7-8,22H2,1-2H3,(H,26,27)(H,24,25,28). The fourth-order valence-corrected chi connectivity index (χ4v) is 3.34. The van der Waals surface area contributed by atoms with E-state index >= 15 is 0 Å². The molecular weight excluding hydrogens is 352 g/mol. The minimum Gasteiger partial charge on any atom is -0.384 e. The molecule has 0 aliphatic carbocycles. The number of nitrogens with zero attached hydrogens (tertiary/aromatic N) is 2. The number of hydrogen-bond donors (Lipinski definition) is 4. The van der Waals surface area contributed by atoms with E-state index in [1.54, 1.807) is 0 Å². The molecule has 0 saturated carbocycles. The molecule has 2 heterocycles. The molecule has 2 aromatic carbocycles. The molecule has 0 fully saturated rings. The van der Waals surface area contributed by atoms with Crippen molar-refractivity contribution in [2.75, 3.05) is 18.4 Å². The number of anilines is 1. The molecule has 142 valence electrons. The van der Waals surface area contributed by atoms with Gasteiger partial charge < -0.3 is 16.0 Å². The van der Waals surface area contributed by atoms with E-state index < -0.39 is 0 Å². The molecule has 0 saturated heterocycles. The van der Waals surface area contributed by atoms with Crippen LogP contribution in [0, 0.1) is 13.8 Å². The molecule has 2 aromatic heterocycles. The summed E-state index contributed by atoms with van der Waals surface area (Å²) in [5, 5.41) is 11.5. The number of H-pyrrole nitrogens is 2. The van der Waals surface area contributed by atoms with Gasteiger partial charge in [-0.2, -0.15) is 10.1 Å². The molecule has 5 N–H and O–H groups in total. The van der Waals surface area contributed by atoms with Crippen LogP contribution in [0.5, 0.6) is 0 Å². The zero-order valence-corrected chi connectivity index (χ0v) is 15.8. The van der Waals surface area contributed by atoms with Crippen LogP contribution in [-0.4, -0.2) is 33.3 Å². The zero-order chi connectivity index (χ0) is 19.7. The van der Waals surface area contributed by atoms with Gasteiger partial charge in [0.25, 0.3) is 0 Å². The van der Waals surface area contributed by atoms with Gasteiger partial charge in [0.1, 0.15) is 0 Å². The molecule has 7 nitrogen and oxygen atoms in total. The van der Waals surface area contributed by atoms with Gasteiger partial charge in [-0.15, -0.1) is 0 Å². The van der Waals surface area contributed by atoms with Gasteiger partial charge in [0, 0.05) is 41.0 Å². The quantitative estimate of drug-likeness (QED) is 0.429. The van der Waals surface area contributed by atoms with E-state index in [1.165, 1.54) is 0 Å². The molecule has 0 aliphatic rings. The minimum atomic E-state index is -0.374. The van der Waals surface area contributed by atoms with Crippen molar-refractivity contribution in [1.29, 1.82) is 0 Å². The average Bonchev–Trinajstić information content (AvgIpc) is 3.06. The molecule has 0 amide bonds. The fourth-order valence-electron chi connectivity index (χ4n) is 3.34. The van der Waals surface area contributed by atoms with Gasteiger partial charge in [0.2, 0.25) is 0 Å². The number of aromatic nitrogens is 4. The van der Waals surface area contributed by atoms with Gasteiger partial charge in [-0.25, -0.2) is 4.79 Å². The van der Waals surface area contributed by atoms with Crippen LogP contribution >= 0.6 is 0 Å². The van der Waals surface area contributed by atoms with Gasteiger partial charge in [-0.3, -0.25) is 5.10 Å². The lowest BCUT2D eigenvalue weighted by Gasteiger charge is -2.11. The van der Waals surface area contributed by atoms with Crippen molar-refractivity contribution in [2.45, 2.75) is 13.8 Å². The lowest BCUT2D eigenvalue weighted by atomic mass is 10.0. The summed E-state index contributed by atoms with van der Waals surface area (Å²) in [6.45, 7) is 5.27. The molecule has 0 radical (unpaired) electrons. The average molecular weight is 374 g/mol. The minimum absolute atomic E-state index is 0.374. The number of aryl methyl sites for hydroxylation is 2. The number of benzene rings is 2. The molecule has 0 unspecified atom stereocenters. The monoisotopic (exact) mass is 374 g/mol. The Morgan fingerprint density at radius 1 is 1.11 bits per heavy atom. The van der Waals surface area contributed by atoms with Gasteiger partial charge >= 0.3 is 5.69 Å². The maximum absolute atomic E-state index is 12.2. The second-order valence-corrected chi connectivity index (χ2v) is 6.81. The summed E-state index contributed by atoms with van der Waals surface area (Å²) in [5.74, 6) is 0. The molecule has 28 heavy (non-hydrogen) atoms. The van der Waals surface area contributed by atoms with E-state index in [0.29, 0.717) is 18.8 Å². The summed E-state index contributed by atoms with van der Waals surface area (Å²) in [6.07, 6.45) is 0. The van der Waals surface area contributed by atoms with E-state index in [4.69, 9.17) is 5.73 Å². The Kier molecular flexibility index (Phi) is 4.67. The Morgan fingerprint density at radius 2 is 1.96 bits per heavy atom. The normalized spacial score (nSPS) is 11.1. The van der Waals surface area contributed by atoms with Crippen LogP contribution in [0.4, 0.5) is 5.69 Å². The van der Waals surface area contributed by atoms with Crippen molar-refractivity contribution in [1.82, 2.24) is 20.2 Å². The van der Waals surface area contributed by atoms with Crippen molar-refractivity contribution in [3.05, 3.63) is 64.2 Å². The van der Waals surface area contributed by atoms with Crippen molar-refractivity contribution in [3.63, 3.8) is 0 Å². The van der Waals surface area contributed by atoms with E-state index in [-0.39, 0.29) is 5.69 Å². The first kappa shape index (κ1) is 17.9. The molecule has 4 rings (SSSR count).